The first-order valence-electron chi connectivity index (χ1n) is 10.6. The molecule has 0 aliphatic carbocycles. The summed E-state index contributed by atoms with van der Waals surface area (Å²) in [6.07, 6.45) is -4.56. The maximum Gasteiger partial charge on any atom is 0.416 e. The molecule has 5 nitrogen and oxygen atoms in total. The van der Waals surface area contributed by atoms with Crippen molar-refractivity contribution in [2.75, 3.05) is 26.2 Å². The summed E-state index contributed by atoms with van der Waals surface area (Å²) in [4.78, 5) is 13.5. The number of para-hydroxylation sites is 1. The molecule has 178 valence electrons. The van der Waals surface area contributed by atoms with E-state index in [9.17, 15) is 26.7 Å². The third-order valence-electron chi connectivity index (χ3n) is 6.10. The van der Waals surface area contributed by atoms with E-state index in [0.29, 0.717) is 39.0 Å². The molecule has 2 aliphatic rings. The van der Waals surface area contributed by atoms with Crippen molar-refractivity contribution >= 4 is 6.09 Å². The zero-order valence-corrected chi connectivity index (χ0v) is 17.6. The maximum absolute atomic E-state index is 14.2. The van der Waals surface area contributed by atoms with Crippen LogP contribution in [0.2, 0.25) is 0 Å². The summed E-state index contributed by atoms with van der Waals surface area (Å²) < 4.78 is 79.1. The molecule has 0 bridgehead atoms. The molecule has 1 spiro atoms. The lowest BCUT2D eigenvalue weighted by Crippen LogP contribution is -2.47. The van der Waals surface area contributed by atoms with Crippen LogP contribution in [0.25, 0.3) is 0 Å². The molecule has 0 aromatic heterocycles. The Balaban J connectivity index is 1.49. The fraction of sp³-hybridized carbons (Fsp3) is 0.435. The van der Waals surface area contributed by atoms with E-state index in [2.05, 4.69) is 10.2 Å². The SMILES string of the molecule is O=C1NCC2(CCN(CCC(Oc3c(F)cccc3F)c3cccc(C(F)(F)F)c3)CC2)O1. The van der Waals surface area contributed by atoms with Crippen LogP contribution in [0.15, 0.2) is 42.5 Å². The zero-order chi connectivity index (χ0) is 23.6. The number of amides is 1. The minimum atomic E-state index is -4.56. The standard InChI is InChI=1S/C23H23F5N2O3/c24-17-5-2-6-18(25)20(17)32-19(15-3-1-4-16(13-15)23(26,27)28)7-10-30-11-8-22(9-12-30)14-29-21(31)33-22/h1-6,13,19H,7-12,14H2,(H,29,31). The molecule has 2 aliphatic heterocycles. The van der Waals surface area contributed by atoms with Gasteiger partial charge in [0, 0.05) is 38.9 Å². The summed E-state index contributed by atoms with van der Waals surface area (Å²) in [5.74, 6) is -2.48. The number of rotatable bonds is 6. The van der Waals surface area contributed by atoms with Gasteiger partial charge in [0.25, 0.3) is 0 Å². The average molecular weight is 470 g/mol. The van der Waals surface area contributed by atoms with E-state index in [1.165, 1.54) is 18.2 Å². The van der Waals surface area contributed by atoms with E-state index in [4.69, 9.17) is 9.47 Å². The van der Waals surface area contributed by atoms with Crippen LogP contribution in [0.5, 0.6) is 5.75 Å². The quantitative estimate of drug-likeness (QED) is 0.600. The predicted octanol–water partition coefficient (Wildman–Crippen LogP) is 5.07. The predicted molar refractivity (Wildman–Crippen MR) is 109 cm³/mol. The normalized spacial score (nSPS) is 19.2. The second kappa shape index (κ2) is 9.17. The molecular weight excluding hydrogens is 447 g/mol. The molecule has 0 saturated carbocycles. The first-order chi connectivity index (χ1) is 15.7. The zero-order valence-electron chi connectivity index (χ0n) is 17.6. The van der Waals surface area contributed by atoms with Crippen molar-refractivity contribution in [3.63, 3.8) is 0 Å². The molecular formula is C23H23F5N2O3. The molecule has 2 fully saturated rings. The van der Waals surface area contributed by atoms with E-state index in [0.717, 1.165) is 24.3 Å². The van der Waals surface area contributed by atoms with Crippen molar-refractivity contribution in [2.24, 2.45) is 0 Å². The third kappa shape index (κ3) is 5.38. The van der Waals surface area contributed by atoms with E-state index in [1.807, 2.05) is 0 Å². The topological polar surface area (TPSA) is 50.8 Å². The molecule has 1 N–H and O–H groups in total. The molecule has 4 rings (SSSR count). The number of carbonyl (C=O) groups is 1. The number of ether oxygens (including phenoxy) is 2. The first kappa shape index (κ1) is 23.3. The molecule has 1 amide bonds. The largest absolute Gasteiger partial charge is 0.480 e. The molecule has 2 saturated heterocycles. The second-order valence-electron chi connectivity index (χ2n) is 8.34. The number of hydrogen-bond acceptors (Lipinski definition) is 4. The van der Waals surface area contributed by atoms with Crippen LogP contribution in [-0.4, -0.2) is 42.8 Å². The van der Waals surface area contributed by atoms with Crippen LogP contribution < -0.4 is 10.1 Å². The van der Waals surface area contributed by atoms with Gasteiger partial charge in [-0.1, -0.05) is 18.2 Å². The molecule has 2 aromatic rings. The van der Waals surface area contributed by atoms with Gasteiger partial charge in [-0.15, -0.1) is 0 Å². The highest BCUT2D eigenvalue weighted by Crippen LogP contribution is 2.35. The number of nitrogens with one attached hydrogen (secondary N) is 1. The number of alkyl halides is 3. The van der Waals surface area contributed by atoms with Crippen LogP contribution in [0.3, 0.4) is 0 Å². The van der Waals surface area contributed by atoms with Crippen LogP contribution in [-0.2, 0) is 10.9 Å². The molecule has 10 heteroatoms. The number of piperidine rings is 1. The Morgan fingerprint density at radius 1 is 1.09 bits per heavy atom. The van der Waals surface area contributed by atoms with E-state index >= 15 is 0 Å². The van der Waals surface area contributed by atoms with Gasteiger partial charge < -0.3 is 19.7 Å². The van der Waals surface area contributed by atoms with Gasteiger partial charge >= 0.3 is 12.3 Å². The van der Waals surface area contributed by atoms with E-state index < -0.39 is 46.9 Å². The van der Waals surface area contributed by atoms with Gasteiger partial charge in [-0.3, -0.25) is 0 Å². The molecule has 2 aromatic carbocycles. The maximum atomic E-state index is 14.2. The van der Waals surface area contributed by atoms with Gasteiger partial charge in [-0.25, -0.2) is 13.6 Å². The molecule has 2 heterocycles. The van der Waals surface area contributed by atoms with Crippen molar-refractivity contribution < 1.29 is 36.2 Å². The Morgan fingerprint density at radius 3 is 2.36 bits per heavy atom. The number of likely N-dealkylation sites (tertiary alicyclic amines) is 1. The summed E-state index contributed by atoms with van der Waals surface area (Å²) in [5.41, 5.74) is -1.21. The summed E-state index contributed by atoms with van der Waals surface area (Å²) in [6.45, 7) is 2.09. The highest BCUT2D eigenvalue weighted by atomic mass is 19.4. The van der Waals surface area contributed by atoms with Crippen molar-refractivity contribution in [1.82, 2.24) is 10.2 Å². The van der Waals surface area contributed by atoms with E-state index in [-0.39, 0.29) is 12.0 Å². The van der Waals surface area contributed by atoms with Crippen molar-refractivity contribution in [3.05, 3.63) is 65.2 Å². The first-order valence-corrected chi connectivity index (χ1v) is 10.6. The Kier molecular flexibility index (Phi) is 6.47. The number of halogens is 5. The highest BCUT2D eigenvalue weighted by Gasteiger charge is 2.42. The summed E-state index contributed by atoms with van der Waals surface area (Å²) in [5, 5.41) is 2.66. The Morgan fingerprint density at radius 2 is 1.76 bits per heavy atom. The monoisotopic (exact) mass is 470 g/mol. The summed E-state index contributed by atoms with van der Waals surface area (Å²) in [7, 11) is 0. The Hall–Kier alpha value is -2.88. The molecule has 33 heavy (non-hydrogen) atoms. The van der Waals surface area contributed by atoms with Gasteiger partial charge in [-0.05, 0) is 29.8 Å². The second-order valence-corrected chi connectivity index (χ2v) is 8.34. The van der Waals surface area contributed by atoms with Crippen LogP contribution in [0.4, 0.5) is 26.7 Å². The van der Waals surface area contributed by atoms with Crippen LogP contribution in [0, 0.1) is 11.6 Å². The minimum Gasteiger partial charge on any atom is -0.480 e. The van der Waals surface area contributed by atoms with Gasteiger partial charge in [0.1, 0.15) is 11.7 Å². The lowest BCUT2D eigenvalue weighted by atomic mass is 9.91. The molecule has 1 unspecified atom stereocenters. The number of nitrogens with zero attached hydrogens (tertiary/aromatic N) is 1. The summed E-state index contributed by atoms with van der Waals surface area (Å²) in [6, 6.07) is 7.83. The van der Waals surface area contributed by atoms with Crippen LogP contribution in [0.1, 0.15) is 36.5 Å². The van der Waals surface area contributed by atoms with Crippen molar-refractivity contribution in [3.8, 4) is 5.75 Å². The number of alkyl carbamates (subject to hydrolysis) is 1. The van der Waals surface area contributed by atoms with Gasteiger partial charge in [0.05, 0.1) is 12.1 Å². The third-order valence-corrected chi connectivity index (χ3v) is 6.10. The average Bonchev–Trinajstić information content (AvgIpc) is 3.13. The lowest BCUT2D eigenvalue weighted by Gasteiger charge is -2.37. The Bertz CT molecular complexity index is 986. The Labute approximate surface area is 187 Å². The van der Waals surface area contributed by atoms with Gasteiger partial charge in [0.2, 0.25) is 0 Å². The highest BCUT2D eigenvalue weighted by molar-refractivity contribution is 5.70. The van der Waals surface area contributed by atoms with Crippen LogP contribution >= 0.6 is 0 Å². The number of hydrogen-bond donors (Lipinski definition) is 1. The smallest absolute Gasteiger partial charge is 0.416 e. The number of benzene rings is 2. The fourth-order valence-corrected chi connectivity index (χ4v) is 4.21. The molecule has 1 atom stereocenters. The minimum absolute atomic E-state index is 0.176. The molecule has 0 radical (unpaired) electrons. The summed E-state index contributed by atoms with van der Waals surface area (Å²) >= 11 is 0. The number of carbonyl (C=O) groups excluding carboxylic acids is 1. The lowest BCUT2D eigenvalue weighted by molar-refractivity contribution is -0.137. The van der Waals surface area contributed by atoms with Crippen molar-refractivity contribution in [2.45, 2.75) is 37.1 Å². The van der Waals surface area contributed by atoms with Crippen molar-refractivity contribution in [1.29, 1.82) is 0 Å². The van der Waals surface area contributed by atoms with Gasteiger partial charge in [0.15, 0.2) is 17.4 Å². The fourth-order valence-electron chi connectivity index (χ4n) is 4.21. The van der Waals surface area contributed by atoms with E-state index in [1.54, 1.807) is 0 Å². The van der Waals surface area contributed by atoms with Gasteiger partial charge in [-0.2, -0.15) is 13.2 Å².